The molecule has 3 N–H and O–H groups in total. The monoisotopic (exact) mass is 417 g/mol. The fourth-order valence-corrected chi connectivity index (χ4v) is 3.08. The number of carbonyl (C=O) groups is 1. The van der Waals surface area contributed by atoms with Crippen molar-refractivity contribution >= 4 is 51.2 Å². The van der Waals surface area contributed by atoms with Crippen LogP contribution in [0.3, 0.4) is 0 Å². The van der Waals surface area contributed by atoms with Gasteiger partial charge in [-0.2, -0.15) is 0 Å². The van der Waals surface area contributed by atoms with Crippen molar-refractivity contribution in [3.63, 3.8) is 0 Å². The minimum Gasteiger partial charge on any atom is -0.481 e. The first kappa shape index (κ1) is 12.2. The SMILES string of the molecule is N[C@H](CC(=O)O)c1cc(I)cc(I)c1. The average molecular weight is 417 g/mol. The summed E-state index contributed by atoms with van der Waals surface area (Å²) in [6.45, 7) is 0. The van der Waals surface area contributed by atoms with E-state index >= 15 is 0 Å². The van der Waals surface area contributed by atoms with E-state index in [1.165, 1.54) is 0 Å². The van der Waals surface area contributed by atoms with Crippen LogP contribution < -0.4 is 5.73 Å². The second kappa shape index (κ2) is 5.26. The maximum Gasteiger partial charge on any atom is 0.305 e. The third kappa shape index (κ3) is 3.70. The van der Waals surface area contributed by atoms with Crippen LogP contribution in [0.2, 0.25) is 0 Å². The van der Waals surface area contributed by atoms with Crippen molar-refractivity contribution in [2.75, 3.05) is 0 Å². The zero-order chi connectivity index (χ0) is 10.7. The van der Waals surface area contributed by atoms with Crippen LogP contribution in [0.1, 0.15) is 18.0 Å². The summed E-state index contributed by atoms with van der Waals surface area (Å²) >= 11 is 4.38. The number of aliphatic carboxylic acids is 1. The molecule has 0 aliphatic carbocycles. The van der Waals surface area contributed by atoms with Crippen LogP contribution in [-0.2, 0) is 4.79 Å². The van der Waals surface area contributed by atoms with Gasteiger partial charge in [0, 0.05) is 13.2 Å². The van der Waals surface area contributed by atoms with E-state index in [2.05, 4.69) is 45.2 Å². The molecule has 3 nitrogen and oxygen atoms in total. The molecule has 0 amide bonds. The summed E-state index contributed by atoms with van der Waals surface area (Å²) in [6.07, 6.45) is -0.0316. The topological polar surface area (TPSA) is 63.3 Å². The summed E-state index contributed by atoms with van der Waals surface area (Å²) in [5.41, 5.74) is 6.62. The average Bonchev–Trinajstić information content (AvgIpc) is 2.00. The lowest BCUT2D eigenvalue weighted by atomic mass is 10.1. The maximum atomic E-state index is 10.5. The Morgan fingerprint density at radius 2 is 1.86 bits per heavy atom. The number of hydrogen-bond donors (Lipinski definition) is 2. The standard InChI is InChI=1S/C9H9I2NO2/c10-6-1-5(2-7(11)3-6)8(12)4-9(13)14/h1-3,8H,4,12H2,(H,13,14)/t8-/m1/s1. The molecule has 0 heterocycles. The molecule has 1 aromatic carbocycles. The van der Waals surface area contributed by atoms with Gasteiger partial charge in [-0.05, 0) is 68.9 Å². The third-order valence-electron chi connectivity index (χ3n) is 1.71. The van der Waals surface area contributed by atoms with Crippen molar-refractivity contribution in [1.82, 2.24) is 0 Å². The van der Waals surface area contributed by atoms with E-state index in [1.54, 1.807) is 0 Å². The molecule has 0 fully saturated rings. The first-order valence-corrected chi connectivity index (χ1v) is 6.08. The normalized spacial score (nSPS) is 12.5. The molecule has 0 spiro atoms. The Labute approximate surface area is 109 Å². The molecule has 0 aliphatic heterocycles. The van der Waals surface area contributed by atoms with Crippen molar-refractivity contribution in [2.45, 2.75) is 12.5 Å². The van der Waals surface area contributed by atoms with Crippen molar-refractivity contribution in [1.29, 1.82) is 0 Å². The molecule has 76 valence electrons. The van der Waals surface area contributed by atoms with E-state index in [1.807, 2.05) is 18.2 Å². The summed E-state index contributed by atoms with van der Waals surface area (Å²) < 4.78 is 2.15. The Bertz CT molecular complexity index is 334. The smallest absolute Gasteiger partial charge is 0.305 e. The minimum absolute atomic E-state index is 0.0316. The summed E-state index contributed by atoms with van der Waals surface area (Å²) in [7, 11) is 0. The second-order valence-corrected chi connectivity index (χ2v) is 5.40. The Morgan fingerprint density at radius 3 is 2.29 bits per heavy atom. The van der Waals surface area contributed by atoms with Crippen LogP contribution in [0.5, 0.6) is 0 Å². The molecule has 0 aliphatic rings. The molecule has 1 aromatic rings. The first-order chi connectivity index (χ1) is 6.49. The van der Waals surface area contributed by atoms with Gasteiger partial charge in [0.15, 0.2) is 0 Å². The van der Waals surface area contributed by atoms with Gasteiger partial charge in [0.05, 0.1) is 6.42 Å². The molecule has 14 heavy (non-hydrogen) atoms. The quantitative estimate of drug-likeness (QED) is 0.743. The molecule has 0 aromatic heterocycles. The molecular weight excluding hydrogens is 408 g/mol. The Hall–Kier alpha value is 0.110. The number of rotatable bonds is 3. The third-order valence-corrected chi connectivity index (χ3v) is 2.95. The number of halogens is 2. The maximum absolute atomic E-state index is 10.5. The Kier molecular flexibility index (Phi) is 4.58. The highest BCUT2D eigenvalue weighted by Gasteiger charge is 2.11. The van der Waals surface area contributed by atoms with Crippen LogP contribution in [0.15, 0.2) is 18.2 Å². The van der Waals surface area contributed by atoms with Gasteiger partial charge in [-0.3, -0.25) is 4.79 Å². The fourth-order valence-electron chi connectivity index (χ4n) is 1.10. The molecule has 0 radical (unpaired) electrons. The van der Waals surface area contributed by atoms with Crippen LogP contribution in [0.4, 0.5) is 0 Å². The van der Waals surface area contributed by atoms with Crippen LogP contribution in [0, 0.1) is 7.14 Å². The number of carboxylic acids is 1. The molecule has 0 saturated carbocycles. The second-order valence-electron chi connectivity index (χ2n) is 2.91. The molecule has 1 atom stereocenters. The largest absolute Gasteiger partial charge is 0.481 e. The van der Waals surface area contributed by atoms with Crippen molar-refractivity contribution in [3.05, 3.63) is 30.9 Å². The lowest BCUT2D eigenvalue weighted by molar-refractivity contribution is -0.137. The van der Waals surface area contributed by atoms with Gasteiger partial charge in [-0.25, -0.2) is 0 Å². The van der Waals surface area contributed by atoms with E-state index in [9.17, 15) is 4.79 Å². The Balaban J connectivity index is 2.89. The van der Waals surface area contributed by atoms with Crippen molar-refractivity contribution in [3.8, 4) is 0 Å². The molecule has 0 bridgehead atoms. The summed E-state index contributed by atoms with van der Waals surface area (Å²) in [5, 5.41) is 8.60. The van der Waals surface area contributed by atoms with Gasteiger partial charge in [0.2, 0.25) is 0 Å². The lowest BCUT2D eigenvalue weighted by Crippen LogP contribution is -2.15. The minimum atomic E-state index is -0.869. The van der Waals surface area contributed by atoms with Gasteiger partial charge in [0.25, 0.3) is 0 Å². The van der Waals surface area contributed by atoms with Gasteiger partial charge in [0.1, 0.15) is 0 Å². The number of carboxylic acid groups (broad SMARTS) is 1. The van der Waals surface area contributed by atoms with Gasteiger partial charge >= 0.3 is 5.97 Å². The zero-order valence-electron chi connectivity index (χ0n) is 7.21. The van der Waals surface area contributed by atoms with Crippen molar-refractivity contribution in [2.24, 2.45) is 5.73 Å². The van der Waals surface area contributed by atoms with E-state index < -0.39 is 12.0 Å². The van der Waals surface area contributed by atoms with Crippen LogP contribution in [-0.4, -0.2) is 11.1 Å². The number of benzene rings is 1. The van der Waals surface area contributed by atoms with Crippen LogP contribution >= 0.6 is 45.2 Å². The van der Waals surface area contributed by atoms with Gasteiger partial charge < -0.3 is 10.8 Å². The zero-order valence-corrected chi connectivity index (χ0v) is 11.5. The molecule has 0 unspecified atom stereocenters. The summed E-state index contributed by atoms with van der Waals surface area (Å²) in [6, 6.07) is 5.42. The molecule has 5 heteroatoms. The lowest BCUT2D eigenvalue weighted by Gasteiger charge is -2.10. The van der Waals surface area contributed by atoms with E-state index in [4.69, 9.17) is 10.8 Å². The fraction of sp³-hybridized carbons (Fsp3) is 0.222. The first-order valence-electron chi connectivity index (χ1n) is 3.92. The summed E-state index contributed by atoms with van der Waals surface area (Å²) in [4.78, 5) is 10.5. The highest BCUT2D eigenvalue weighted by Crippen LogP contribution is 2.20. The highest BCUT2D eigenvalue weighted by molar-refractivity contribution is 14.1. The highest BCUT2D eigenvalue weighted by atomic mass is 127. The number of hydrogen-bond acceptors (Lipinski definition) is 2. The Morgan fingerprint density at radius 1 is 1.36 bits per heavy atom. The van der Waals surface area contributed by atoms with E-state index in [-0.39, 0.29) is 6.42 Å². The predicted molar refractivity (Wildman–Crippen MR) is 71.1 cm³/mol. The predicted octanol–water partition coefficient (Wildman–Crippen LogP) is 2.37. The molecule has 0 saturated heterocycles. The van der Waals surface area contributed by atoms with Gasteiger partial charge in [-0.15, -0.1) is 0 Å². The van der Waals surface area contributed by atoms with E-state index in [0.717, 1.165) is 12.7 Å². The van der Waals surface area contributed by atoms with E-state index in [0.29, 0.717) is 0 Å². The van der Waals surface area contributed by atoms with Crippen LogP contribution in [0.25, 0.3) is 0 Å². The van der Waals surface area contributed by atoms with Gasteiger partial charge in [-0.1, -0.05) is 0 Å². The summed E-state index contributed by atoms with van der Waals surface area (Å²) in [5.74, 6) is -0.869. The van der Waals surface area contributed by atoms with Crippen molar-refractivity contribution < 1.29 is 9.90 Å². The molecular formula is C9H9I2NO2. The molecule has 1 rings (SSSR count). The number of nitrogens with two attached hydrogens (primary N) is 1.